The molecule has 0 aliphatic carbocycles. The van der Waals surface area contributed by atoms with Gasteiger partial charge in [-0.25, -0.2) is 0 Å². The van der Waals surface area contributed by atoms with Crippen molar-refractivity contribution in [2.75, 3.05) is 12.4 Å². The number of ether oxygens (including phenoxy) is 2. The minimum Gasteiger partial charge on any atom is -0.493 e. The van der Waals surface area contributed by atoms with Crippen LogP contribution in [-0.2, 0) is 17.6 Å². The Hall–Kier alpha value is -2.75. The molecule has 1 N–H and O–H groups in total. The van der Waals surface area contributed by atoms with Gasteiger partial charge in [0.1, 0.15) is 0 Å². The molecule has 0 radical (unpaired) electrons. The first-order chi connectivity index (χ1) is 13.0. The molecule has 0 aromatic heterocycles. The maximum atomic E-state index is 12.4. The third-order valence-corrected chi connectivity index (χ3v) is 4.22. The van der Waals surface area contributed by atoms with Gasteiger partial charge < -0.3 is 14.8 Å². The Morgan fingerprint density at radius 3 is 2.30 bits per heavy atom. The fraction of sp³-hybridized carbons (Fsp3) is 0.348. The standard InChI is InChI=1S/C23H29NO3/c1-6-18-9-8-10-19(7-2)23(18)24-22(25)14-12-17-11-13-20(27-16(3)4)21(15-17)26-5/h8-16H,6-7H2,1-5H3,(H,24,25)/b14-12+. The van der Waals surface area contributed by atoms with Gasteiger partial charge in [-0.1, -0.05) is 38.1 Å². The quantitative estimate of drug-likeness (QED) is 0.648. The highest BCUT2D eigenvalue weighted by atomic mass is 16.5. The number of nitrogens with one attached hydrogen (secondary N) is 1. The van der Waals surface area contributed by atoms with Crippen molar-refractivity contribution in [3.63, 3.8) is 0 Å². The predicted octanol–water partition coefficient (Wildman–Crippen LogP) is 5.26. The van der Waals surface area contributed by atoms with Crippen LogP contribution >= 0.6 is 0 Å². The van der Waals surface area contributed by atoms with E-state index in [-0.39, 0.29) is 12.0 Å². The van der Waals surface area contributed by atoms with Crippen molar-refractivity contribution in [1.29, 1.82) is 0 Å². The summed E-state index contributed by atoms with van der Waals surface area (Å²) < 4.78 is 11.1. The third kappa shape index (κ3) is 5.61. The fourth-order valence-electron chi connectivity index (χ4n) is 2.88. The summed E-state index contributed by atoms with van der Waals surface area (Å²) in [7, 11) is 1.61. The molecule has 0 atom stereocenters. The molecule has 2 rings (SSSR count). The molecule has 0 aliphatic rings. The van der Waals surface area contributed by atoms with Gasteiger partial charge in [-0.3, -0.25) is 4.79 Å². The molecule has 0 saturated heterocycles. The number of carbonyl (C=O) groups is 1. The number of benzene rings is 2. The van der Waals surface area contributed by atoms with Crippen molar-refractivity contribution in [3.8, 4) is 11.5 Å². The molecule has 27 heavy (non-hydrogen) atoms. The van der Waals surface area contributed by atoms with E-state index in [1.165, 1.54) is 0 Å². The summed E-state index contributed by atoms with van der Waals surface area (Å²) in [6.45, 7) is 8.12. The molecule has 4 nitrogen and oxygen atoms in total. The maximum absolute atomic E-state index is 12.4. The van der Waals surface area contributed by atoms with Gasteiger partial charge >= 0.3 is 0 Å². The van der Waals surface area contributed by atoms with Gasteiger partial charge in [-0.05, 0) is 61.6 Å². The SMILES string of the molecule is CCc1cccc(CC)c1NC(=O)/C=C/c1ccc(OC(C)C)c(OC)c1. The molecular formula is C23H29NO3. The average molecular weight is 367 g/mol. The molecule has 2 aromatic rings. The normalized spacial score (nSPS) is 11.0. The molecule has 0 spiro atoms. The maximum Gasteiger partial charge on any atom is 0.248 e. The summed E-state index contributed by atoms with van der Waals surface area (Å²) in [6.07, 6.45) is 5.14. The summed E-state index contributed by atoms with van der Waals surface area (Å²) >= 11 is 0. The highest BCUT2D eigenvalue weighted by Gasteiger charge is 2.09. The van der Waals surface area contributed by atoms with Gasteiger partial charge in [-0.15, -0.1) is 0 Å². The van der Waals surface area contributed by atoms with Crippen molar-refractivity contribution in [1.82, 2.24) is 0 Å². The van der Waals surface area contributed by atoms with Crippen molar-refractivity contribution >= 4 is 17.7 Å². The molecule has 144 valence electrons. The second kappa shape index (κ2) is 9.81. The zero-order valence-electron chi connectivity index (χ0n) is 16.8. The largest absolute Gasteiger partial charge is 0.493 e. The molecule has 2 aromatic carbocycles. The van der Waals surface area contributed by atoms with Gasteiger partial charge in [0, 0.05) is 11.8 Å². The van der Waals surface area contributed by atoms with E-state index in [2.05, 4.69) is 31.3 Å². The van der Waals surface area contributed by atoms with Crippen molar-refractivity contribution in [2.24, 2.45) is 0 Å². The number of aryl methyl sites for hydroxylation is 2. The van der Waals surface area contributed by atoms with Gasteiger partial charge in [0.15, 0.2) is 11.5 Å². The van der Waals surface area contributed by atoms with Crippen LogP contribution in [-0.4, -0.2) is 19.1 Å². The molecule has 0 aliphatic heterocycles. The number of para-hydroxylation sites is 1. The minimum absolute atomic E-state index is 0.0671. The van der Waals surface area contributed by atoms with Crippen LogP contribution in [0.25, 0.3) is 6.08 Å². The molecule has 0 unspecified atom stereocenters. The first kappa shape index (κ1) is 20.6. The Labute approximate surface area is 162 Å². The van der Waals surface area contributed by atoms with Crippen LogP contribution in [0.4, 0.5) is 5.69 Å². The van der Waals surface area contributed by atoms with E-state index < -0.39 is 0 Å². The highest BCUT2D eigenvalue weighted by molar-refractivity contribution is 6.02. The highest BCUT2D eigenvalue weighted by Crippen LogP contribution is 2.29. The minimum atomic E-state index is -0.146. The topological polar surface area (TPSA) is 47.6 Å². The van der Waals surface area contributed by atoms with Crippen LogP contribution in [0.5, 0.6) is 11.5 Å². The summed E-state index contributed by atoms with van der Waals surface area (Å²) in [6, 6.07) is 11.8. The average Bonchev–Trinajstić information content (AvgIpc) is 2.66. The lowest BCUT2D eigenvalue weighted by atomic mass is 10.0. The van der Waals surface area contributed by atoms with E-state index in [1.807, 2.05) is 38.1 Å². The summed E-state index contributed by atoms with van der Waals surface area (Å²) in [5, 5.41) is 3.04. The monoisotopic (exact) mass is 367 g/mol. The first-order valence-electron chi connectivity index (χ1n) is 9.43. The van der Waals surface area contributed by atoms with Gasteiger partial charge in [-0.2, -0.15) is 0 Å². The smallest absolute Gasteiger partial charge is 0.248 e. The molecule has 0 saturated carbocycles. The van der Waals surface area contributed by atoms with Gasteiger partial charge in [0.05, 0.1) is 13.2 Å². The van der Waals surface area contributed by atoms with Crippen LogP contribution < -0.4 is 14.8 Å². The molecule has 1 amide bonds. The van der Waals surface area contributed by atoms with E-state index >= 15 is 0 Å². The fourth-order valence-corrected chi connectivity index (χ4v) is 2.88. The summed E-state index contributed by atoms with van der Waals surface area (Å²) in [4.78, 5) is 12.4. The number of amides is 1. The second-order valence-electron chi connectivity index (χ2n) is 6.56. The van der Waals surface area contributed by atoms with Crippen molar-refractivity contribution in [3.05, 3.63) is 59.2 Å². The molecule has 0 bridgehead atoms. The van der Waals surface area contributed by atoms with Gasteiger partial charge in [0.2, 0.25) is 5.91 Å². The van der Waals surface area contributed by atoms with E-state index in [1.54, 1.807) is 19.3 Å². The lowest BCUT2D eigenvalue weighted by Gasteiger charge is -2.14. The van der Waals surface area contributed by atoms with Crippen molar-refractivity contribution in [2.45, 2.75) is 46.6 Å². The lowest BCUT2D eigenvalue weighted by molar-refractivity contribution is -0.111. The number of hydrogen-bond acceptors (Lipinski definition) is 3. The van der Waals surface area contributed by atoms with E-state index in [0.717, 1.165) is 35.2 Å². The molecule has 0 heterocycles. The molecule has 4 heteroatoms. The molecule has 0 fully saturated rings. The third-order valence-electron chi connectivity index (χ3n) is 4.22. The number of hydrogen-bond donors (Lipinski definition) is 1. The lowest BCUT2D eigenvalue weighted by Crippen LogP contribution is -2.11. The number of methoxy groups -OCH3 is 1. The van der Waals surface area contributed by atoms with Gasteiger partial charge in [0.25, 0.3) is 0 Å². The van der Waals surface area contributed by atoms with Crippen LogP contribution in [0.15, 0.2) is 42.5 Å². The Morgan fingerprint density at radius 2 is 1.74 bits per heavy atom. The van der Waals surface area contributed by atoms with Crippen LogP contribution in [0.3, 0.4) is 0 Å². The number of anilines is 1. The van der Waals surface area contributed by atoms with Crippen LogP contribution in [0.2, 0.25) is 0 Å². The van der Waals surface area contributed by atoms with Crippen LogP contribution in [0, 0.1) is 0 Å². The Kier molecular flexibility index (Phi) is 7.47. The van der Waals surface area contributed by atoms with E-state index in [4.69, 9.17) is 9.47 Å². The number of carbonyl (C=O) groups excluding carboxylic acids is 1. The Morgan fingerprint density at radius 1 is 1.07 bits per heavy atom. The zero-order chi connectivity index (χ0) is 19.8. The summed E-state index contributed by atoms with van der Waals surface area (Å²) in [5.74, 6) is 1.20. The zero-order valence-corrected chi connectivity index (χ0v) is 16.8. The predicted molar refractivity (Wildman–Crippen MR) is 112 cm³/mol. The Balaban J connectivity index is 2.16. The first-order valence-corrected chi connectivity index (χ1v) is 9.43. The summed E-state index contributed by atoms with van der Waals surface area (Å²) in [5.41, 5.74) is 4.09. The van der Waals surface area contributed by atoms with E-state index in [9.17, 15) is 4.79 Å². The van der Waals surface area contributed by atoms with Crippen molar-refractivity contribution < 1.29 is 14.3 Å². The molecular weight excluding hydrogens is 338 g/mol. The number of rotatable bonds is 8. The van der Waals surface area contributed by atoms with Crippen LogP contribution in [0.1, 0.15) is 44.4 Å². The van der Waals surface area contributed by atoms with E-state index in [0.29, 0.717) is 11.5 Å². The Bertz CT molecular complexity index is 787. The second-order valence-corrected chi connectivity index (χ2v) is 6.56.